The summed E-state index contributed by atoms with van der Waals surface area (Å²) in [7, 11) is 0. The summed E-state index contributed by atoms with van der Waals surface area (Å²) in [5.74, 6) is -0.634. The normalized spacial score (nSPS) is 11.3. The minimum atomic E-state index is -0.323. The summed E-state index contributed by atoms with van der Waals surface area (Å²) in [6, 6.07) is 2.43. The number of nitrogens with one attached hydrogen (secondary N) is 1. The van der Waals surface area contributed by atoms with Crippen molar-refractivity contribution < 1.29 is 8.78 Å². The zero-order valence-electron chi connectivity index (χ0n) is 10.6. The summed E-state index contributed by atoms with van der Waals surface area (Å²) < 4.78 is 28.1. The zero-order chi connectivity index (χ0) is 13.1. The Balaban J connectivity index is 2.59. The van der Waals surface area contributed by atoms with Crippen molar-refractivity contribution in [2.24, 2.45) is 0 Å². The van der Waals surface area contributed by atoms with E-state index >= 15 is 0 Å². The number of fused-ring (bicyclic) bond motifs is 1. The van der Waals surface area contributed by atoms with Crippen molar-refractivity contribution in [2.75, 3.05) is 6.54 Å². The Bertz CT molecular complexity index is 548. The van der Waals surface area contributed by atoms with Crippen molar-refractivity contribution in [3.63, 3.8) is 0 Å². The maximum atomic E-state index is 13.9. The molecule has 0 fully saturated rings. The quantitative estimate of drug-likeness (QED) is 0.856. The van der Waals surface area contributed by atoms with Crippen molar-refractivity contribution in [2.45, 2.75) is 33.2 Å². The highest BCUT2D eigenvalue weighted by atomic mass is 32.1. The number of rotatable bonds is 5. The third-order valence-corrected chi connectivity index (χ3v) is 4.20. The number of hydrogen-bond acceptors (Lipinski definition) is 2. The molecule has 0 aliphatic carbocycles. The Morgan fingerprint density at radius 1 is 1.17 bits per heavy atom. The topological polar surface area (TPSA) is 12.0 Å². The van der Waals surface area contributed by atoms with Crippen LogP contribution in [0.15, 0.2) is 12.1 Å². The van der Waals surface area contributed by atoms with Gasteiger partial charge in [-0.3, -0.25) is 0 Å². The predicted molar refractivity (Wildman–Crippen MR) is 73.1 cm³/mol. The van der Waals surface area contributed by atoms with E-state index in [1.165, 1.54) is 23.5 Å². The molecule has 0 aliphatic rings. The first-order valence-corrected chi connectivity index (χ1v) is 7.09. The standard InChI is InChI=1S/C14H17F2NS/c1-3-5-9-12(8-17-4-2)18-14-11(16)7-6-10(15)13(9)14/h6-7,17H,3-5,8H2,1-2H3. The maximum absolute atomic E-state index is 13.9. The highest BCUT2D eigenvalue weighted by Gasteiger charge is 2.17. The van der Waals surface area contributed by atoms with Crippen molar-refractivity contribution >= 4 is 21.4 Å². The van der Waals surface area contributed by atoms with Crippen LogP contribution in [0.25, 0.3) is 10.1 Å². The molecule has 1 aromatic carbocycles. The molecular weight excluding hydrogens is 252 g/mol. The van der Waals surface area contributed by atoms with Crippen LogP contribution in [0.4, 0.5) is 8.78 Å². The van der Waals surface area contributed by atoms with E-state index in [4.69, 9.17) is 0 Å². The van der Waals surface area contributed by atoms with E-state index in [1.54, 1.807) is 0 Å². The fraction of sp³-hybridized carbons (Fsp3) is 0.429. The Kier molecular flexibility index (Phi) is 4.30. The first-order valence-electron chi connectivity index (χ1n) is 6.28. The molecule has 2 rings (SSSR count). The fourth-order valence-electron chi connectivity index (χ4n) is 2.13. The average molecular weight is 269 g/mol. The van der Waals surface area contributed by atoms with Gasteiger partial charge < -0.3 is 5.32 Å². The van der Waals surface area contributed by atoms with Gasteiger partial charge >= 0.3 is 0 Å². The van der Waals surface area contributed by atoms with E-state index in [2.05, 4.69) is 12.2 Å². The lowest BCUT2D eigenvalue weighted by atomic mass is 10.1. The van der Waals surface area contributed by atoms with Crippen LogP contribution < -0.4 is 5.32 Å². The number of aryl methyl sites for hydroxylation is 1. The minimum absolute atomic E-state index is 0.311. The molecule has 0 saturated carbocycles. The molecular formula is C14H17F2NS. The SMILES string of the molecule is CCCc1c(CNCC)sc2c(F)ccc(F)c12. The summed E-state index contributed by atoms with van der Waals surface area (Å²) in [5.41, 5.74) is 0.968. The molecule has 0 saturated heterocycles. The van der Waals surface area contributed by atoms with Crippen molar-refractivity contribution in [1.82, 2.24) is 5.32 Å². The Labute approximate surface area is 110 Å². The summed E-state index contributed by atoms with van der Waals surface area (Å²) in [6.07, 6.45) is 1.72. The molecule has 1 heterocycles. The van der Waals surface area contributed by atoms with Crippen molar-refractivity contribution in [3.8, 4) is 0 Å². The molecule has 0 aliphatic heterocycles. The zero-order valence-corrected chi connectivity index (χ0v) is 11.5. The van der Waals surface area contributed by atoms with Crippen LogP contribution in [0.2, 0.25) is 0 Å². The molecule has 1 N–H and O–H groups in total. The molecule has 0 atom stereocenters. The van der Waals surface area contributed by atoms with Crippen LogP contribution in [0.3, 0.4) is 0 Å². The first kappa shape index (κ1) is 13.4. The van der Waals surface area contributed by atoms with E-state index in [0.717, 1.165) is 29.8 Å². The fourth-order valence-corrected chi connectivity index (χ4v) is 3.37. The molecule has 0 amide bonds. The molecule has 1 aromatic heterocycles. The molecule has 0 unspecified atom stereocenters. The summed E-state index contributed by atoms with van der Waals surface area (Å²) >= 11 is 1.37. The van der Waals surface area contributed by atoms with Gasteiger partial charge in [0, 0.05) is 16.8 Å². The molecule has 18 heavy (non-hydrogen) atoms. The molecule has 0 radical (unpaired) electrons. The van der Waals surface area contributed by atoms with Gasteiger partial charge in [-0.05, 0) is 30.7 Å². The van der Waals surface area contributed by atoms with Gasteiger partial charge in [-0.15, -0.1) is 11.3 Å². The third-order valence-electron chi connectivity index (χ3n) is 2.96. The van der Waals surface area contributed by atoms with Gasteiger partial charge in [0.1, 0.15) is 11.6 Å². The van der Waals surface area contributed by atoms with Gasteiger partial charge in [0.15, 0.2) is 0 Å². The molecule has 2 aromatic rings. The molecule has 98 valence electrons. The smallest absolute Gasteiger partial charge is 0.141 e. The van der Waals surface area contributed by atoms with Gasteiger partial charge in [0.05, 0.1) is 4.70 Å². The van der Waals surface area contributed by atoms with Gasteiger partial charge in [-0.1, -0.05) is 20.3 Å². The van der Waals surface area contributed by atoms with Crippen LogP contribution in [0.1, 0.15) is 30.7 Å². The number of hydrogen-bond donors (Lipinski definition) is 1. The first-order chi connectivity index (χ1) is 8.69. The maximum Gasteiger partial charge on any atom is 0.141 e. The Morgan fingerprint density at radius 2 is 1.89 bits per heavy atom. The summed E-state index contributed by atoms with van der Waals surface area (Å²) in [6.45, 7) is 5.61. The third kappa shape index (κ3) is 2.40. The molecule has 1 nitrogen and oxygen atoms in total. The molecule has 0 bridgehead atoms. The highest BCUT2D eigenvalue weighted by Crippen LogP contribution is 2.35. The second-order valence-corrected chi connectivity index (χ2v) is 5.37. The number of thiophene rings is 1. The van der Waals surface area contributed by atoms with Crippen molar-refractivity contribution in [1.29, 1.82) is 0 Å². The van der Waals surface area contributed by atoms with Crippen molar-refractivity contribution in [3.05, 3.63) is 34.2 Å². The lowest BCUT2D eigenvalue weighted by Gasteiger charge is -2.04. The van der Waals surface area contributed by atoms with Gasteiger partial charge in [-0.25, -0.2) is 8.78 Å². The largest absolute Gasteiger partial charge is 0.312 e. The van der Waals surface area contributed by atoms with E-state index in [9.17, 15) is 8.78 Å². The average Bonchev–Trinajstić information content (AvgIpc) is 2.72. The van der Waals surface area contributed by atoms with E-state index in [1.807, 2.05) is 6.92 Å². The van der Waals surface area contributed by atoms with Crippen LogP contribution in [0, 0.1) is 11.6 Å². The van der Waals surface area contributed by atoms with Crippen LogP contribution in [-0.2, 0) is 13.0 Å². The summed E-state index contributed by atoms with van der Waals surface area (Å²) in [4.78, 5) is 1.05. The number of benzene rings is 1. The lowest BCUT2D eigenvalue weighted by Crippen LogP contribution is -2.11. The Hall–Kier alpha value is -1.00. The molecule has 0 spiro atoms. The molecule has 4 heteroatoms. The highest BCUT2D eigenvalue weighted by molar-refractivity contribution is 7.19. The Morgan fingerprint density at radius 3 is 2.56 bits per heavy atom. The second kappa shape index (κ2) is 5.76. The number of halogens is 2. The van der Waals surface area contributed by atoms with E-state index in [0.29, 0.717) is 16.6 Å². The minimum Gasteiger partial charge on any atom is -0.312 e. The lowest BCUT2D eigenvalue weighted by molar-refractivity contribution is 0.618. The van der Waals surface area contributed by atoms with Gasteiger partial charge in [0.25, 0.3) is 0 Å². The van der Waals surface area contributed by atoms with Crippen LogP contribution >= 0.6 is 11.3 Å². The second-order valence-electron chi connectivity index (χ2n) is 4.27. The van der Waals surface area contributed by atoms with Gasteiger partial charge in [-0.2, -0.15) is 0 Å². The summed E-state index contributed by atoms with van der Waals surface area (Å²) in [5, 5.41) is 3.71. The van der Waals surface area contributed by atoms with Crippen LogP contribution in [0.5, 0.6) is 0 Å². The van der Waals surface area contributed by atoms with Crippen LogP contribution in [-0.4, -0.2) is 6.54 Å². The monoisotopic (exact) mass is 269 g/mol. The van der Waals surface area contributed by atoms with E-state index < -0.39 is 0 Å². The van der Waals surface area contributed by atoms with Gasteiger partial charge in [0.2, 0.25) is 0 Å². The predicted octanol–water partition coefficient (Wildman–Crippen LogP) is 4.24. The van der Waals surface area contributed by atoms with E-state index in [-0.39, 0.29) is 11.6 Å².